The van der Waals surface area contributed by atoms with Crippen molar-refractivity contribution in [3.8, 4) is 0 Å². The summed E-state index contributed by atoms with van der Waals surface area (Å²) in [5, 5.41) is 31.8. The normalized spacial score (nSPS) is 12.8. The fourth-order valence-corrected chi connectivity index (χ4v) is 2.37. The molecule has 8 heteroatoms. The fourth-order valence-electron chi connectivity index (χ4n) is 2.37. The van der Waals surface area contributed by atoms with E-state index in [1.165, 1.54) is 18.2 Å². The number of rotatable bonds is 7. The molecule has 2 rings (SSSR count). The molecule has 0 heterocycles. The lowest BCUT2D eigenvalue weighted by Crippen LogP contribution is -2.36. The van der Waals surface area contributed by atoms with Crippen molar-refractivity contribution in [2.75, 3.05) is 12.3 Å². The minimum atomic E-state index is -1.59. The van der Waals surface area contributed by atoms with Gasteiger partial charge in [-0.2, -0.15) is 0 Å². The number of aromatic carboxylic acids is 1. The second-order valence-electron chi connectivity index (χ2n) is 5.57. The van der Waals surface area contributed by atoms with Gasteiger partial charge in [-0.1, -0.05) is 36.4 Å². The van der Waals surface area contributed by atoms with E-state index in [0.717, 1.165) is 5.56 Å². The number of carboxylic acid groups (broad SMARTS) is 1. The number of ether oxygens (including phenoxy) is 1. The number of aliphatic hydroxyl groups is 2. The van der Waals surface area contributed by atoms with Crippen LogP contribution in [0.2, 0.25) is 0 Å². The summed E-state index contributed by atoms with van der Waals surface area (Å²) >= 11 is 0. The Morgan fingerprint density at radius 1 is 1.08 bits per heavy atom. The van der Waals surface area contributed by atoms with Crippen LogP contribution in [0.4, 0.5) is 10.5 Å². The Labute approximate surface area is 149 Å². The molecule has 0 aliphatic heterocycles. The van der Waals surface area contributed by atoms with Gasteiger partial charge in [-0.25, -0.2) is 9.59 Å². The average Bonchev–Trinajstić information content (AvgIpc) is 2.64. The van der Waals surface area contributed by atoms with Crippen LogP contribution in [-0.2, 0) is 11.3 Å². The third-order valence-corrected chi connectivity index (χ3v) is 3.70. The van der Waals surface area contributed by atoms with Gasteiger partial charge in [-0.05, 0) is 17.7 Å². The van der Waals surface area contributed by atoms with Crippen molar-refractivity contribution in [1.29, 1.82) is 0 Å². The van der Waals surface area contributed by atoms with Gasteiger partial charge in [0, 0.05) is 17.8 Å². The van der Waals surface area contributed by atoms with Gasteiger partial charge in [0.1, 0.15) is 18.8 Å². The first-order valence-electron chi connectivity index (χ1n) is 7.82. The number of amides is 1. The molecule has 0 saturated carbocycles. The molecule has 0 fully saturated rings. The molecule has 26 heavy (non-hydrogen) atoms. The minimum absolute atomic E-state index is 0.0307. The summed E-state index contributed by atoms with van der Waals surface area (Å²) in [6, 6.07) is 13.1. The Morgan fingerprint density at radius 3 is 2.42 bits per heavy atom. The number of alkyl carbamates (subject to hydrolysis) is 1. The van der Waals surface area contributed by atoms with Gasteiger partial charge in [0.25, 0.3) is 0 Å². The highest BCUT2D eigenvalue weighted by Crippen LogP contribution is 2.27. The molecule has 6 N–H and O–H groups in total. The summed E-state index contributed by atoms with van der Waals surface area (Å²) < 4.78 is 4.99. The van der Waals surface area contributed by atoms with Crippen LogP contribution < -0.4 is 11.1 Å². The van der Waals surface area contributed by atoms with Crippen molar-refractivity contribution in [1.82, 2.24) is 5.32 Å². The third-order valence-electron chi connectivity index (χ3n) is 3.70. The molecule has 2 aromatic rings. The standard InChI is InChI=1S/C18H20N2O6/c19-13-8-4-7-12(17(23)24)15(13)16(22)14(21)9-20-18(25)26-10-11-5-2-1-3-6-11/h1-8,14,16,21-22H,9-10,19H2,(H,20,25)(H,23,24). The summed E-state index contributed by atoms with van der Waals surface area (Å²) in [5.74, 6) is -1.28. The van der Waals surface area contributed by atoms with E-state index in [9.17, 15) is 24.9 Å². The summed E-state index contributed by atoms with van der Waals surface area (Å²) in [7, 11) is 0. The summed E-state index contributed by atoms with van der Waals surface area (Å²) in [5.41, 5.74) is 6.22. The van der Waals surface area contributed by atoms with Crippen molar-refractivity contribution < 1.29 is 29.6 Å². The van der Waals surface area contributed by atoms with E-state index >= 15 is 0 Å². The molecular formula is C18H20N2O6. The van der Waals surface area contributed by atoms with Crippen LogP contribution in [0.1, 0.15) is 27.6 Å². The topological polar surface area (TPSA) is 142 Å². The van der Waals surface area contributed by atoms with Gasteiger partial charge in [0.15, 0.2) is 0 Å². The van der Waals surface area contributed by atoms with Gasteiger partial charge in [0.2, 0.25) is 0 Å². The molecule has 0 aliphatic carbocycles. The molecule has 0 bridgehead atoms. The first-order chi connectivity index (χ1) is 12.4. The van der Waals surface area contributed by atoms with Crippen molar-refractivity contribution >= 4 is 17.7 Å². The predicted octanol–water partition coefficient (Wildman–Crippen LogP) is 1.29. The van der Waals surface area contributed by atoms with E-state index < -0.39 is 24.3 Å². The number of anilines is 1. The highest BCUT2D eigenvalue weighted by molar-refractivity contribution is 5.91. The number of carboxylic acids is 1. The Morgan fingerprint density at radius 2 is 1.77 bits per heavy atom. The number of nitrogen functional groups attached to an aromatic ring is 1. The van der Waals surface area contributed by atoms with Crippen molar-refractivity contribution in [3.63, 3.8) is 0 Å². The van der Waals surface area contributed by atoms with Crippen molar-refractivity contribution in [2.24, 2.45) is 0 Å². The Bertz CT molecular complexity index is 766. The fraction of sp³-hybridized carbons (Fsp3) is 0.222. The summed E-state index contributed by atoms with van der Waals surface area (Å²) in [6.45, 7) is -0.289. The highest BCUT2D eigenvalue weighted by Gasteiger charge is 2.26. The number of aliphatic hydroxyl groups excluding tert-OH is 2. The van der Waals surface area contributed by atoms with Gasteiger partial charge in [-0.15, -0.1) is 0 Å². The van der Waals surface area contributed by atoms with Crippen LogP contribution in [0.25, 0.3) is 0 Å². The first kappa shape index (κ1) is 19.2. The second-order valence-corrected chi connectivity index (χ2v) is 5.57. The third kappa shape index (κ3) is 4.95. The molecule has 2 atom stereocenters. The van der Waals surface area contributed by atoms with Crippen LogP contribution in [0.5, 0.6) is 0 Å². The minimum Gasteiger partial charge on any atom is -0.478 e. The number of nitrogens with one attached hydrogen (secondary N) is 1. The van der Waals surface area contributed by atoms with Crippen LogP contribution in [0.15, 0.2) is 48.5 Å². The maximum absolute atomic E-state index is 11.7. The number of benzene rings is 2. The Balaban J connectivity index is 1.92. The Hall–Kier alpha value is -3.10. The zero-order valence-corrected chi connectivity index (χ0v) is 13.8. The maximum Gasteiger partial charge on any atom is 0.407 e. The molecule has 1 amide bonds. The maximum atomic E-state index is 11.7. The lowest BCUT2D eigenvalue weighted by molar-refractivity contribution is 0.0178. The van der Waals surface area contributed by atoms with Gasteiger partial charge in [-0.3, -0.25) is 0 Å². The number of carbonyl (C=O) groups excluding carboxylic acids is 1. The summed E-state index contributed by atoms with van der Waals surface area (Å²) in [6.07, 6.45) is -3.83. The Kier molecular flexibility index (Phi) is 6.54. The quantitative estimate of drug-likeness (QED) is 0.468. The smallest absolute Gasteiger partial charge is 0.407 e. The number of carbonyl (C=O) groups is 2. The molecule has 0 saturated heterocycles. The lowest BCUT2D eigenvalue weighted by atomic mass is 9.96. The van der Waals surface area contributed by atoms with E-state index in [-0.39, 0.29) is 30.0 Å². The SMILES string of the molecule is Nc1cccc(C(=O)O)c1C(O)C(O)CNC(=O)OCc1ccccc1. The van der Waals surface area contributed by atoms with Crippen LogP contribution in [-0.4, -0.2) is 40.0 Å². The van der Waals surface area contributed by atoms with Crippen molar-refractivity contribution in [3.05, 3.63) is 65.2 Å². The zero-order chi connectivity index (χ0) is 19.1. The molecule has 0 aromatic heterocycles. The molecule has 2 aromatic carbocycles. The number of hydrogen-bond donors (Lipinski definition) is 5. The molecular weight excluding hydrogens is 340 g/mol. The number of nitrogens with two attached hydrogens (primary N) is 1. The van der Waals surface area contributed by atoms with Gasteiger partial charge >= 0.3 is 12.1 Å². The van der Waals surface area contributed by atoms with E-state index in [2.05, 4.69) is 5.32 Å². The molecule has 0 aliphatic rings. The molecule has 2 unspecified atom stereocenters. The van der Waals surface area contributed by atoms with E-state index in [4.69, 9.17) is 10.5 Å². The summed E-state index contributed by atoms with van der Waals surface area (Å²) in [4.78, 5) is 22.9. The lowest BCUT2D eigenvalue weighted by Gasteiger charge is -2.21. The molecule has 138 valence electrons. The largest absolute Gasteiger partial charge is 0.478 e. The second kappa shape index (κ2) is 8.84. The van der Waals surface area contributed by atoms with E-state index in [1.54, 1.807) is 24.3 Å². The van der Waals surface area contributed by atoms with Gasteiger partial charge < -0.3 is 31.1 Å². The predicted molar refractivity (Wildman–Crippen MR) is 93.4 cm³/mol. The van der Waals surface area contributed by atoms with Crippen molar-refractivity contribution in [2.45, 2.75) is 18.8 Å². The number of hydrogen-bond acceptors (Lipinski definition) is 6. The van der Waals surface area contributed by atoms with E-state index in [1.807, 2.05) is 6.07 Å². The molecule has 8 nitrogen and oxygen atoms in total. The van der Waals surface area contributed by atoms with E-state index in [0.29, 0.717) is 0 Å². The zero-order valence-electron chi connectivity index (χ0n) is 13.8. The molecule has 0 spiro atoms. The van der Waals surface area contributed by atoms with Crippen LogP contribution in [0, 0.1) is 0 Å². The molecule has 0 radical (unpaired) electrons. The monoisotopic (exact) mass is 360 g/mol. The first-order valence-corrected chi connectivity index (χ1v) is 7.82. The van der Waals surface area contributed by atoms with Crippen LogP contribution in [0.3, 0.4) is 0 Å². The highest BCUT2D eigenvalue weighted by atomic mass is 16.5. The average molecular weight is 360 g/mol. The van der Waals surface area contributed by atoms with Gasteiger partial charge in [0.05, 0.1) is 5.56 Å². The van der Waals surface area contributed by atoms with Crippen LogP contribution >= 0.6 is 0 Å².